The maximum Gasteiger partial charge on any atom is 0.336 e. The number of rotatable bonds is 9. The molecule has 4 aromatic rings. The van der Waals surface area contributed by atoms with Crippen molar-refractivity contribution in [3.8, 4) is 0 Å². The summed E-state index contributed by atoms with van der Waals surface area (Å²) in [5.74, 6) is -11.5. The summed E-state index contributed by atoms with van der Waals surface area (Å²) in [4.78, 5) is 49.0. The average Bonchev–Trinajstić information content (AvgIpc) is 2.97. The Kier molecular flexibility index (Phi) is 8.91. The lowest BCUT2D eigenvalue weighted by Gasteiger charge is -2.18. The molecule has 4 aromatic carbocycles. The first-order valence-electron chi connectivity index (χ1n) is 11.8. The highest BCUT2D eigenvalue weighted by Crippen LogP contribution is 2.37. The zero-order chi connectivity index (χ0) is 30.6. The summed E-state index contributed by atoms with van der Waals surface area (Å²) in [5, 5.41) is 21.8. The van der Waals surface area contributed by atoms with Crippen LogP contribution in [0.5, 0.6) is 0 Å². The van der Waals surface area contributed by atoms with Gasteiger partial charge in [-0.1, -0.05) is 30.3 Å². The van der Waals surface area contributed by atoms with Crippen LogP contribution in [0.25, 0.3) is 0 Å². The molecular formula is C29H18F4N2O6S. The molecule has 42 heavy (non-hydrogen) atoms. The van der Waals surface area contributed by atoms with E-state index in [4.69, 9.17) is 5.11 Å². The monoisotopic (exact) mass is 598 g/mol. The van der Waals surface area contributed by atoms with Crippen LogP contribution in [0.3, 0.4) is 0 Å². The first-order chi connectivity index (χ1) is 20.0. The fourth-order valence-corrected chi connectivity index (χ4v) is 4.80. The predicted octanol–water partition coefficient (Wildman–Crippen LogP) is 6.36. The van der Waals surface area contributed by atoms with Crippen molar-refractivity contribution in [3.63, 3.8) is 0 Å². The van der Waals surface area contributed by atoms with E-state index in [1.54, 1.807) is 30.3 Å². The second kappa shape index (κ2) is 12.6. The van der Waals surface area contributed by atoms with E-state index in [0.717, 1.165) is 30.0 Å². The first-order valence-corrected chi connectivity index (χ1v) is 12.7. The van der Waals surface area contributed by atoms with E-state index in [2.05, 4.69) is 5.32 Å². The van der Waals surface area contributed by atoms with Gasteiger partial charge in [0.05, 0.1) is 16.7 Å². The smallest absolute Gasteiger partial charge is 0.336 e. The molecule has 2 amide bonds. The summed E-state index contributed by atoms with van der Waals surface area (Å²) in [6.45, 7) is 0. The van der Waals surface area contributed by atoms with Crippen LogP contribution in [0.4, 0.5) is 28.9 Å². The van der Waals surface area contributed by atoms with Crippen LogP contribution in [0.15, 0.2) is 83.8 Å². The topological polar surface area (TPSA) is 133 Å². The molecule has 0 bridgehead atoms. The van der Waals surface area contributed by atoms with Gasteiger partial charge in [0.25, 0.3) is 5.91 Å². The summed E-state index contributed by atoms with van der Waals surface area (Å²) >= 11 is 0.933. The van der Waals surface area contributed by atoms with Gasteiger partial charge in [0, 0.05) is 16.6 Å². The lowest BCUT2D eigenvalue weighted by molar-refractivity contribution is -0.115. The summed E-state index contributed by atoms with van der Waals surface area (Å²) in [6, 6.07) is 17.0. The van der Waals surface area contributed by atoms with E-state index in [1.165, 1.54) is 24.3 Å². The number of carboxylic acids is 2. The molecule has 0 aliphatic heterocycles. The lowest BCUT2D eigenvalue weighted by atomic mass is 10.0. The molecule has 4 rings (SSSR count). The largest absolute Gasteiger partial charge is 0.478 e. The van der Waals surface area contributed by atoms with Crippen molar-refractivity contribution in [2.24, 2.45) is 0 Å². The fraction of sp³-hybridized carbons (Fsp3) is 0.0345. The van der Waals surface area contributed by atoms with E-state index in [1.807, 2.05) is 5.32 Å². The number of anilines is 2. The minimum Gasteiger partial charge on any atom is -0.478 e. The Morgan fingerprint density at radius 1 is 0.690 bits per heavy atom. The molecule has 0 radical (unpaired) electrons. The van der Waals surface area contributed by atoms with E-state index in [0.29, 0.717) is 10.5 Å². The maximum atomic E-state index is 14.2. The minimum absolute atomic E-state index is 0.0254. The van der Waals surface area contributed by atoms with Crippen LogP contribution >= 0.6 is 11.8 Å². The third kappa shape index (κ3) is 6.58. The summed E-state index contributed by atoms with van der Waals surface area (Å²) in [7, 11) is 0. The van der Waals surface area contributed by atoms with Crippen LogP contribution < -0.4 is 10.6 Å². The molecule has 0 heterocycles. The Labute approximate surface area is 239 Å². The Balaban J connectivity index is 1.55. The van der Waals surface area contributed by atoms with Gasteiger partial charge in [-0.05, 0) is 48.0 Å². The van der Waals surface area contributed by atoms with Gasteiger partial charge in [0.1, 0.15) is 10.9 Å². The lowest BCUT2D eigenvalue weighted by Crippen LogP contribution is -2.21. The number of amides is 2. The number of carbonyl (C=O) groups excluding carboxylic acids is 2. The predicted molar refractivity (Wildman–Crippen MR) is 145 cm³/mol. The standard InChI is InChI=1S/C29H18F4N2O6S/c30-20-13-21(31)23(33)24(22(20)32)35-27(37)25(14-4-2-1-3-5-14)42-17-9-7-16(8-10-17)34-26(36)18-11-6-15(28(38)39)12-19(18)29(40)41/h1-13,25H,(H,34,36)(H,35,37)(H,38,39)(H,40,41). The summed E-state index contributed by atoms with van der Waals surface area (Å²) in [6.07, 6.45) is 0. The van der Waals surface area contributed by atoms with Gasteiger partial charge in [0.2, 0.25) is 5.91 Å². The molecule has 8 nitrogen and oxygen atoms in total. The molecule has 0 aliphatic rings. The fourth-order valence-electron chi connectivity index (χ4n) is 3.78. The Morgan fingerprint density at radius 2 is 1.31 bits per heavy atom. The molecule has 0 saturated carbocycles. The Bertz CT molecular complexity index is 1670. The van der Waals surface area contributed by atoms with Crippen molar-refractivity contribution >= 4 is 46.9 Å². The highest BCUT2D eigenvalue weighted by Gasteiger charge is 2.27. The van der Waals surface area contributed by atoms with Crippen molar-refractivity contribution in [2.45, 2.75) is 10.1 Å². The van der Waals surface area contributed by atoms with Gasteiger partial charge < -0.3 is 20.8 Å². The second-order valence-electron chi connectivity index (χ2n) is 8.59. The highest BCUT2D eigenvalue weighted by atomic mass is 32.2. The quantitative estimate of drug-likeness (QED) is 0.100. The van der Waals surface area contributed by atoms with Crippen molar-refractivity contribution in [2.75, 3.05) is 10.6 Å². The molecule has 0 aromatic heterocycles. The molecule has 13 heteroatoms. The van der Waals surface area contributed by atoms with Crippen molar-refractivity contribution in [3.05, 3.63) is 124 Å². The van der Waals surface area contributed by atoms with Crippen molar-refractivity contribution < 1.29 is 47.0 Å². The number of carboxylic acid groups (broad SMARTS) is 2. The molecule has 0 spiro atoms. The molecule has 0 aliphatic carbocycles. The third-order valence-electron chi connectivity index (χ3n) is 5.81. The van der Waals surface area contributed by atoms with Crippen molar-refractivity contribution in [1.29, 1.82) is 0 Å². The molecule has 1 unspecified atom stereocenters. The van der Waals surface area contributed by atoms with Gasteiger partial charge in [-0.2, -0.15) is 0 Å². The number of carbonyl (C=O) groups is 4. The third-order valence-corrected chi connectivity index (χ3v) is 7.07. The van der Waals surface area contributed by atoms with Crippen molar-refractivity contribution in [1.82, 2.24) is 0 Å². The first kappa shape index (κ1) is 29.8. The Morgan fingerprint density at radius 3 is 1.88 bits per heavy atom. The molecule has 214 valence electrons. The number of nitrogens with one attached hydrogen (secondary N) is 2. The SMILES string of the molecule is O=C(O)c1ccc(C(=O)Nc2ccc(SC(C(=O)Nc3c(F)c(F)cc(F)c3F)c3ccccc3)cc2)c(C(=O)O)c1. The van der Waals surface area contributed by atoms with Crippen LogP contribution in [-0.2, 0) is 4.79 Å². The van der Waals surface area contributed by atoms with E-state index < -0.39 is 63.5 Å². The molecule has 0 fully saturated rings. The van der Waals surface area contributed by atoms with E-state index in [9.17, 15) is 41.8 Å². The normalized spacial score (nSPS) is 11.4. The van der Waals surface area contributed by atoms with Gasteiger partial charge >= 0.3 is 11.9 Å². The summed E-state index contributed by atoms with van der Waals surface area (Å²) < 4.78 is 55.7. The van der Waals surface area contributed by atoms with Gasteiger partial charge in [-0.15, -0.1) is 11.8 Å². The zero-order valence-corrected chi connectivity index (χ0v) is 21.8. The minimum atomic E-state index is -1.76. The summed E-state index contributed by atoms with van der Waals surface area (Å²) in [5.41, 5.74) is -1.74. The molecule has 1 atom stereocenters. The number of hydrogen-bond donors (Lipinski definition) is 4. The number of thioether (sulfide) groups is 1. The molecule has 0 saturated heterocycles. The number of hydrogen-bond acceptors (Lipinski definition) is 5. The maximum absolute atomic E-state index is 14.2. The van der Waals surface area contributed by atoms with Crippen LogP contribution in [-0.4, -0.2) is 34.0 Å². The zero-order valence-electron chi connectivity index (χ0n) is 21.0. The molecule has 4 N–H and O–H groups in total. The number of halogens is 4. The van der Waals surface area contributed by atoms with Crippen LogP contribution in [0, 0.1) is 23.3 Å². The van der Waals surface area contributed by atoms with E-state index >= 15 is 0 Å². The van der Waals surface area contributed by atoms with Gasteiger partial charge in [-0.3, -0.25) is 9.59 Å². The Hall–Kier alpha value is -5.17. The second-order valence-corrected chi connectivity index (χ2v) is 9.77. The number of benzene rings is 4. The van der Waals surface area contributed by atoms with Gasteiger partial charge in [-0.25, -0.2) is 27.2 Å². The van der Waals surface area contributed by atoms with E-state index in [-0.39, 0.29) is 22.9 Å². The average molecular weight is 599 g/mol. The van der Waals surface area contributed by atoms with Crippen LogP contribution in [0.2, 0.25) is 0 Å². The number of aromatic carboxylic acids is 2. The molecular weight excluding hydrogens is 580 g/mol. The van der Waals surface area contributed by atoms with Gasteiger partial charge in [0.15, 0.2) is 23.3 Å². The highest BCUT2D eigenvalue weighted by molar-refractivity contribution is 8.00. The van der Waals surface area contributed by atoms with Crippen LogP contribution in [0.1, 0.15) is 41.9 Å².